The zero-order valence-electron chi connectivity index (χ0n) is 6.88. The van der Waals surface area contributed by atoms with Gasteiger partial charge in [0.05, 0.1) is 0 Å². The molecule has 0 bridgehead atoms. The summed E-state index contributed by atoms with van der Waals surface area (Å²) in [5.41, 5.74) is 0. The molecule has 0 aromatic carbocycles. The molecule has 0 fully saturated rings. The van der Waals surface area contributed by atoms with Crippen molar-refractivity contribution in [1.82, 2.24) is 10.3 Å². The molecule has 0 unspecified atom stereocenters. The van der Waals surface area contributed by atoms with Crippen molar-refractivity contribution >= 4 is 27.7 Å². The van der Waals surface area contributed by atoms with Gasteiger partial charge >= 0.3 is 0 Å². The number of hydrogen-bond donors (Lipinski definition) is 1. The number of rotatable bonds is 4. The minimum atomic E-state index is 1.01. The van der Waals surface area contributed by atoms with Gasteiger partial charge in [0.1, 0.15) is 5.03 Å². The van der Waals surface area contributed by atoms with Crippen LogP contribution in [0.3, 0.4) is 0 Å². The van der Waals surface area contributed by atoms with Gasteiger partial charge in [-0.25, -0.2) is 4.98 Å². The zero-order valence-corrected chi connectivity index (χ0v) is 9.28. The zero-order chi connectivity index (χ0) is 8.81. The number of aromatic nitrogens is 1. The van der Waals surface area contributed by atoms with Crippen molar-refractivity contribution in [3.63, 3.8) is 0 Å². The number of pyridine rings is 1. The van der Waals surface area contributed by atoms with Gasteiger partial charge in [-0.2, -0.15) is 0 Å². The Labute approximate surface area is 85.3 Å². The number of nitrogens with one attached hydrogen (secondary N) is 1. The van der Waals surface area contributed by atoms with Crippen LogP contribution in [0, 0.1) is 0 Å². The lowest BCUT2D eigenvalue weighted by Crippen LogP contribution is -2.09. The minimum absolute atomic E-state index is 1.01. The molecule has 1 aromatic heterocycles. The van der Waals surface area contributed by atoms with Crippen LogP contribution in [-0.4, -0.2) is 24.3 Å². The van der Waals surface area contributed by atoms with E-state index in [4.69, 9.17) is 0 Å². The minimum Gasteiger partial charge on any atom is -0.319 e. The molecule has 0 saturated carbocycles. The van der Waals surface area contributed by atoms with E-state index in [1.165, 1.54) is 0 Å². The van der Waals surface area contributed by atoms with Crippen LogP contribution in [0.2, 0.25) is 0 Å². The van der Waals surface area contributed by atoms with Gasteiger partial charge in [0.15, 0.2) is 0 Å². The monoisotopic (exact) mass is 246 g/mol. The van der Waals surface area contributed by atoms with E-state index in [0.717, 1.165) is 21.8 Å². The molecule has 1 rings (SSSR count). The number of thioether (sulfide) groups is 1. The molecule has 0 spiro atoms. The Kier molecular flexibility index (Phi) is 4.65. The third-order valence-corrected chi connectivity index (χ3v) is 3.22. The highest BCUT2D eigenvalue weighted by atomic mass is 79.9. The Hall–Kier alpha value is -0.0600. The maximum atomic E-state index is 4.24. The molecule has 0 atom stereocenters. The van der Waals surface area contributed by atoms with Crippen LogP contribution in [-0.2, 0) is 0 Å². The molecule has 0 saturated heterocycles. The van der Waals surface area contributed by atoms with Crippen molar-refractivity contribution < 1.29 is 0 Å². The van der Waals surface area contributed by atoms with Crippen LogP contribution >= 0.6 is 27.7 Å². The van der Waals surface area contributed by atoms with Crippen molar-refractivity contribution in [2.75, 3.05) is 19.3 Å². The summed E-state index contributed by atoms with van der Waals surface area (Å²) in [6.07, 6.45) is 1.81. The second kappa shape index (κ2) is 5.56. The molecule has 0 aliphatic heterocycles. The molecular formula is C8H11BrN2S. The van der Waals surface area contributed by atoms with Crippen LogP contribution in [0.25, 0.3) is 0 Å². The molecule has 12 heavy (non-hydrogen) atoms. The highest BCUT2D eigenvalue weighted by Gasteiger charge is 1.98. The van der Waals surface area contributed by atoms with Gasteiger partial charge in [-0.15, -0.1) is 11.8 Å². The van der Waals surface area contributed by atoms with Crippen molar-refractivity contribution in [3.05, 3.63) is 22.8 Å². The van der Waals surface area contributed by atoms with Crippen LogP contribution < -0.4 is 5.32 Å². The Morgan fingerprint density at radius 2 is 2.50 bits per heavy atom. The first-order chi connectivity index (χ1) is 5.84. The molecule has 0 amide bonds. The van der Waals surface area contributed by atoms with Crippen molar-refractivity contribution in [2.45, 2.75) is 5.03 Å². The van der Waals surface area contributed by atoms with E-state index in [1.54, 1.807) is 11.8 Å². The Morgan fingerprint density at radius 1 is 1.67 bits per heavy atom. The summed E-state index contributed by atoms with van der Waals surface area (Å²) in [6, 6.07) is 3.93. The normalized spacial score (nSPS) is 10.2. The first-order valence-corrected chi connectivity index (χ1v) is 5.50. The Morgan fingerprint density at radius 3 is 3.17 bits per heavy atom. The lowest BCUT2D eigenvalue weighted by Gasteiger charge is -2.01. The maximum absolute atomic E-state index is 4.24. The van der Waals surface area contributed by atoms with Gasteiger partial charge in [0.2, 0.25) is 0 Å². The molecule has 4 heteroatoms. The predicted molar refractivity (Wildman–Crippen MR) is 56.6 cm³/mol. The fourth-order valence-corrected chi connectivity index (χ4v) is 2.17. The van der Waals surface area contributed by atoms with Crippen LogP contribution in [0.15, 0.2) is 27.8 Å². The lowest BCUT2D eigenvalue weighted by molar-refractivity contribution is 0.870. The van der Waals surface area contributed by atoms with E-state index in [0.29, 0.717) is 0 Å². The third kappa shape index (κ3) is 3.13. The predicted octanol–water partition coefficient (Wildman–Crippen LogP) is 2.16. The van der Waals surface area contributed by atoms with E-state index < -0.39 is 0 Å². The quantitative estimate of drug-likeness (QED) is 0.652. The summed E-state index contributed by atoms with van der Waals surface area (Å²) >= 11 is 5.20. The average molecular weight is 247 g/mol. The number of halogens is 1. The maximum Gasteiger partial charge on any atom is 0.110 e. The van der Waals surface area contributed by atoms with E-state index in [1.807, 2.05) is 25.4 Å². The van der Waals surface area contributed by atoms with Crippen molar-refractivity contribution in [2.24, 2.45) is 0 Å². The summed E-state index contributed by atoms with van der Waals surface area (Å²) in [5, 5.41) is 4.16. The van der Waals surface area contributed by atoms with Crippen molar-refractivity contribution in [1.29, 1.82) is 0 Å². The highest BCUT2D eigenvalue weighted by Crippen LogP contribution is 2.23. The van der Waals surface area contributed by atoms with E-state index in [2.05, 4.69) is 26.2 Å². The number of hydrogen-bond acceptors (Lipinski definition) is 3. The average Bonchev–Trinajstić information content (AvgIpc) is 2.09. The van der Waals surface area contributed by atoms with Gasteiger partial charge in [-0.1, -0.05) is 0 Å². The van der Waals surface area contributed by atoms with Gasteiger partial charge < -0.3 is 5.32 Å². The second-order valence-electron chi connectivity index (χ2n) is 2.24. The SMILES string of the molecule is CNCCSc1ncccc1Br. The van der Waals surface area contributed by atoms with E-state index >= 15 is 0 Å². The largest absolute Gasteiger partial charge is 0.319 e. The third-order valence-electron chi connectivity index (χ3n) is 1.32. The van der Waals surface area contributed by atoms with Gasteiger partial charge in [-0.05, 0) is 35.1 Å². The Bertz CT molecular complexity index is 242. The molecular weight excluding hydrogens is 236 g/mol. The molecule has 1 aromatic rings. The lowest BCUT2D eigenvalue weighted by atomic mass is 10.5. The number of nitrogens with zero attached hydrogens (tertiary/aromatic N) is 1. The first kappa shape index (κ1) is 10.0. The topological polar surface area (TPSA) is 24.9 Å². The fraction of sp³-hybridized carbons (Fsp3) is 0.375. The van der Waals surface area contributed by atoms with E-state index in [-0.39, 0.29) is 0 Å². The first-order valence-electron chi connectivity index (χ1n) is 3.72. The summed E-state index contributed by atoms with van der Waals surface area (Å²) in [6.45, 7) is 1.01. The van der Waals surface area contributed by atoms with E-state index in [9.17, 15) is 0 Å². The second-order valence-corrected chi connectivity index (χ2v) is 4.18. The van der Waals surface area contributed by atoms with Gasteiger partial charge in [0, 0.05) is 23.0 Å². The van der Waals surface area contributed by atoms with Gasteiger partial charge in [0.25, 0.3) is 0 Å². The molecule has 1 N–H and O–H groups in total. The molecule has 0 radical (unpaired) electrons. The van der Waals surface area contributed by atoms with Crippen molar-refractivity contribution in [3.8, 4) is 0 Å². The standard InChI is InChI=1S/C8H11BrN2S/c1-10-5-6-12-8-7(9)3-2-4-11-8/h2-4,10H,5-6H2,1H3. The molecule has 0 aliphatic carbocycles. The van der Waals surface area contributed by atoms with Crippen LogP contribution in [0.5, 0.6) is 0 Å². The summed E-state index contributed by atoms with van der Waals surface area (Å²) < 4.78 is 1.08. The smallest absolute Gasteiger partial charge is 0.110 e. The summed E-state index contributed by atoms with van der Waals surface area (Å²) in [7, 11) is 1.95. The van der Waals surface area contributed by atoms with Crippen LogP contribution in [0.4, 0.5) is 0 Å². The molecule has 0 aliphatic rings. The molecule has 1 heterocycles. The molecule has 2 nitrogen and oxygen atoms in total. The highest BCUT2D eigenvalue weighted by molar-refractivity contribution is 9.10. The fourth-order valence-electron chi connectivity index (χ4n) is 0.727. The van der Waals surface area contributed by atoms with Crippen LogP contribution in [0.1, 0.15) is 0 Å². The molecule has 66 valence electrons. The van der Waals surface area contributed by atoms with Gasteiger partial charge in [-0.3, -0.25) is 0 Å². The summed E-state index contributed by atoms with van der Waals surface area (Å²) in [5.74, 6) is 1.05. The summed E-state index contributed by atoms with van der Waals surface area (Å²) in [4.78, 5) is 4.24. The Balaban J connectivity index is 2.46.